The SMILES string of the molecule is COc1ccc2c(C)c(CCC(=O)Nc3cccc(NC(=O)NCc4ccncc4)c3)c(=O)oc2c1. The van der Waals surface area contributed by atoms with E-state index in [9.17, 15) is 14.4 Å². The summed E-state index contributed by atoms with van der Waals surface area (Å²) < 4.78 is 10.6. The van der Waals surface area contributed by atoms with Gasteiger partial charge in [0.05, 0.1) is 7.11 Å². The normalized spacial score (nSPS) is 10.6. The van der Waals surface area contributed by atoms with E-state index < -0.39 is 5.63 Å². The molecule has 0 aliphatic heterocycles. The van der Waals surface area contributed by atoms with Crippen molar-refractivity contribution in [3.05, 3.63) is 94.1 Å². The van der Waals surface area contributed by atoms with E-state index in [0.29, 0.717) is 34.8 Å². The first kappa shape index (κ1) is 24.5. The predicted octanol–water partition coefficient (Wildman–Crippen LogP) is 4.40. The van der Waals surface area contributed by atoms with Crippen molar-refractivity contribution in [2.24, 2.45) is 0 Å². The van der Waals surface area contributed by atoms with Crippen molar-refractivity contribution < 1.29 is 18.7 Å². The summed E-state index contributed by atoms with van der Waals surface area (Å²) in [5, 5.41) is 9.12. The lowest BCUT2D eigenvalue weighted by molar-refractivity contribution is -0.116. The smallest absolute Gasteiger partial charge is 0.339 e. The van der Waals surface area contributed by atoms with Crippen molar-refractivity contribution in [3.8, 4) is 5.75 Å². The van der Waals surface area contributed by atoms with Gasteiger partial charge < -0.3 is 25.1 Å². The number of methoxy groups -OCH3 is 1. The molecule has 2 heterocycles. The number of carbonyl (C=O) groups excluding carboxylic acids is 2. The van der Waals surface area contributed by atoms with Crippen molar-refractivity contribution in [1.82, 2.24) is 10.3 Å². The summed E-state index contributed by atoms with van der Waals surface area (Å²) >= 11 is 0. The number of amides is 3. The zero-order valence-electron chi connectivity index (χ0n) is 20.0. The van der Waals surface area contributed by atoms with E-state index in [-0.39, 0.29) is 24.8 Å². The number of aromatic nitrogens is 1. The number of rotatable bonds is 8. The zero-order valence-corrected chi connectivity index (χ0v) is 20.0. The molecule has 9 heteroatoms. The van der Waals surface area contributed by atoms with Gasteiger partial charge in [0, 0.05) is 53.8 Å². The molecule has 4 rings (SSSR count). The Bertz CT molecular complexity index is 1450. The summed E-state index contributed by atoms with van der Waals surface area (Å²) in [5.41, 5.74) is 3.20. The fourth-order valence-electron chi connectivity index (χ4n) is 3.79. The number of aryl methyl sites for hydroxylation is 1. The maximum absolute atomic E-state index is 12.6. The molecule has 0 radical (unpaired) electrons. The van der Waals surface area contributed by atoms with Crippen LogP contribution >= 0.6 is 0 Å². The number of benzene rings is 2. The molecule has 2 aromatic carbocycles. The Morgan fingerprint density at radius 3 is 2.50 bits per heavy atom. The summed E-state index contributed by atoms with van der Waals surface area (Å²) in [7, 11) is 1.55. The number of carbonyl (C=O) groups is 2. The molecule has 0 saturated heterocycles. The van der Waals surface area contributed by atoms with E-state index in [1.165, 1.54) is 0 Å². The Kier molecular flexibility index (Phi) is 7.60. The number of hydrogen-bond acceptors (Lipinski definition) is 6. The fourth-order valence-corrected chi connectivity index (χ4v) is 3.79. The molecule has 2 aromatic heterocycles. The Labute approximate surface area is 207 Å². The number of nitrogens with one attached hydrogen (secondary N) is 3. The van der Waals surface area contributed by atoms with Crippen LogP contribution in [0.25, 0.3) is 11.0 Å². The van der Waals surface area contributed by atoms with E-state index in [1.54, 1.807) is 55.9 Å². The molecule has 0 bridgehead atoms. The largest absolute Gasteiger partial charge is 0.497 e. The highest BCUT2D eigenvalue weighted by Gasteiger charge is 2.14. The second-order valence-electron chi connectivity index (χ2n) is 8.15. The topological polar surface area (TPSA) is 123 Å². The third-order valence-corrected chi connectivity index (χ3v) is 5.70. The molecule has 3 N–H and O–H groups in total. The standard InChI is InChI=1S/C27H26N4O5/c1-17-22-7-6-21(35-2)15-24(22)36-26(33)23(17)8-9-25(32)30-19-4-3-5-20(14-19)31-27(34)29-16-18-10-12-28-13-11-18/h3-7,10-15H,8-9,16H2,1-2H3,(H,30,32)(H2,29,31,34). The van der Waals surface area contributed by atoms with Gasteiger partial charge in [0.1, 0.15) is 11.3 Å². The van der Waals surface area contributed by atoms with E-state index in [0.717, 1.165) is 16.5 Å². The van der Waals surface area contributed by atoms with Crippen molar-refractivity contribution >= 4 is 34.3 Å². The fraction of sp³-hybridized carbons (Fsp3) is 0.185. The molecule has 9 nitrogen and oxygen atoms in total. The minimum atomic E-state index is -0.468. The Balaban J connectivity index is 1.34. The van der Waals surface area contributed by atoms with Crippen LogP contribution in [0.5, 0.6) is 5.75 Å². The molecular formula is C27H26N4O5. The maximum Gasteiger partial charge on any atom is 0.339 e. The summed E-state index contributed by atoms with van der Waals surface area (Å²) in [6.45, 7) is 2.20. The van der Waals surface area contributed by atoms with Crippen LogP contribution in [0.4, 0.5) is 16.2 Å². The van der Waals surface area contributed by atoms with Crippen molar-refractivity contribution in [1.29, 1.82) is 0 Å². The van der Waals surface area contributed by atoms with Gasteiger partial charge in [-0.25, -0.2) is 9.59 Å². The molecular weight excluding hydrogens is 460 g/mol. The molecule has 0 aliphatic carbocycles. The average Bonchev–Trinajstić information content (AvgIpc) is 2.87. The summed E-state index contributed by atoms with van der Waals surface area (Å²) in [4.78, 5) is 41.3. The molecule has 0 aliphatic rings. The third-order valence-electron chi connectivity index (χ3n) is 5.70. The van der Waals surface area contributed by atoms with Gasteiger partial charge in [-0.05, 0) is 66.9 Å². The zero-order chi connectivity index (χ0) is 25.5. The van der Waals surface area contributed by atoms with E-state index in [4.69, 9.17) is 9.15 Å². The first-order valence-electron chi connectivity index (χ1n) is 11.4. The van der Waals surface area contributed by atoms with Crippen LogP contribution in [-0.2, 0) is 17.8 Å². The number of hydrogen-bond donors (Lipinski definition) is 3. The van der Waals surface area contributed by atoms with Crippen LogP contribution in [0.3, 0.4) is 0 Å². The molecule has 0 spiro atoms. The highest BCUT2D eigenvalue weighted by molar-refractivity contribution is 5.93. The first-order chi connectivity index (χ1) is 17.4. The number of ether oxygens (including phenoxy) is 1. The van der Waals surface area contributed by atoms with Gasteiger partial charge in [0.2, 0.25) is 5.91 Å². The molecule has 3 amide bonds. The number of urea groups is 1. The Morgan fingerprint density at radius 1 is 1.00 bits per heavy atom. The molecule has 0 saturated carbocycles. The van der Waals surface area contributed by atoms with Gasteiger partial charge in [-0.2, -0.15) is 0 Å². The van der Waals surface area contributed by atoms with Crippen LogP contribution in [0.15, 0.2) is 76.2 Å². The van der Waals surface area contributed by atoms with Gasteiger partial charge in [0.25, 0.3) is 0 Å². The van der Waals surface area contributed by atoms with Gasteiger partial charge in [-0.3, -0.25) is 9.78 Å². The number of anilines is 2. The summed E-state index contributed by atoms with van der Waals surface area (Å²) in [6, 6.07) is 15.4. The van der Waals surface area contributed by atoms with Gasteiger partial charge in [-0.1, -0.05) is 6.07 Å². The number of fused-ring (bicyclic) bond motifs is 1. The van der Waals surface area contributed by atoms with Crippen molar-refractivity contribution in [3.63, 3.8) is 0 Å². The third kappa shape index (κ3) is 6.06. The lowest BCUT2D eigenvalue weighted by Gasteiger charge is -2.11. The van der Waals surface area contributed by atoms with Crippen LogP contribution in [-0.4, -0.2) is 24.0 Å². The second-order valence-corrected chi connectivity index (χ2v) is 8.15. The Morgan fingerprint density at radius 2 is 1.75 bits per heavy atom. The van der Waals surface area contributed by atoms with Crippen LogP contribution < -0.4 is 26.3 Å². The molecule has 0 unspecified atom stereocenters. The minimum Gasteiger partial charge on any atom is -0.497 e. The molecule has 0 atom stereocenters. The van der Waals surface area contributed by atoms with Crippen LogP contribution in [0, 0.1) is 6.92 Å². The number of pyridine rings is 1. The lowest BCUT2D eigenvalue weighted by Crippen LogP contribution is -2.28. The first-order valence-corrected chi connectivity index (χ1v) is 11.4. The molecule has 184 valence electrons. The van der Waals surface area contributed by atoms with E-state index in [1.807, 2.05) is 25.1 Å². The van der Waals surface area contributed by atoms with E-state index >= 15 is 0 Å². The molecule has 0 fully saturated rings. The average molecular weight is 487 g/mol. The van der Waals surface area contributed by atoms with E-state index in [2.05, 4.69) is 20.9 Å². The second kappa shape index (κ2) is 11.2. The highest BCUT2D eigenvalue weighted by atomic mass is 16.5. The van der Waals surface area contributed by atoms with Gasteiger partial charge in [0.15, 0.2) is 0 Å². The highest BCUT2D eigenvalue weighted by Crippen LogP contribution is 2.24. The monoisotopic (exact) mass is 486 g/mol. The lowest BCUT2D eigenvalue weighted by atomic mass is 10.0. The van der Waals surface area contributed by atoms with Crippen molar-refractivity contribution in [2.75, 3.05) is 17.7 Å². The van der Waals surface area contributed by atoms with Crippen molar-refractivity contribution in [2.45, 2.75) is 26.3 Å². The van der Waals surface area contributed by atoms with Crippen LogP contribution in [0.1, 0.15) is 23.1 Å². The minimum absolute atomic E-state index is 0.0946. The number of nitrogens with zero attached hydrogens (tertiary/aromatic N) is 1. The van der Waals surface area contributed by atoms with Gasteiger partial charge in [-0.15, -0.1) is 0 Å². The molecule has 4 aromatic rings. The quantitative estimate of drug-likeness (QED) is 0.317. The summed E-state index contributed by atoms with van der Waals surface area (Å²) in [6.07, 6.45) is 3.65. The summed E-state index contributed by atoms with van der Waals surface area (Å²) in [5.74, 6) is 0.336. The van der Waals surface area contributed by atoms with Gasteiger partial charge >= 0.3 is 11.7 Å². The molecule has 36 heavy (non-hydrogen) atoms. The predicted molar refractivity (Wildman–Crippen MR) is 137 cm³/mol. The maximum atomic E-state index is 12.6. The van der Waals surface area contributed by atoms with Crippen LogP contribution in [0.2, 0.25) is 0 Å². The Hall–Kier alpha value is -4.66.